The van der Waals surface area contributed by atoms with Crippen LogP contribution in [0.5, 0.6) is 5.75 Å². The Morgan fingerprint density at radius 2 is 2.15 bits per heavy atom. The Kier molecular flexibility index (Phi) is 4.27. The molecule has 4 rings (SSSR count). The highest BCUT2D eigenvalue weighted by Gasteiger charge is 2.27. The minimum atomic E-state index is -0.0136. The average Bonchev–Trinajstić information content (AvgIpc) is 3.02. The molecule has 1 amide bonds. The normalized spacial score (nSPS) is 13.3. The van der Waals surface area contributed by atoms with Gasteiger partial charge in [-0.1, -0.05) is 11.2 Å². The van der Waals surface area contributed by atoms with E-state index in [0.717, 1.165) is 39.6 Å². The van der Waals surface area contributed by atoms with Crippen LogP contribution in [0.3, 0.4) is 0 Å². The number of nitrogens with one attached hydrogen (secondary N) is 1. The SMILES string of the molecule is COc1cc2c(cc1-c1c(C)noc1C)NCC(=O)N2Cc1ccccn1. The number of aromatic nitrogens is 2. The van der Waals surface area contributed by atoms with Gasteiger partial charge < -0.3 is 19.5 Å². The molecule has 1 aliphatic rings. The fourth-order valence-corrected chi connectivity index (χ4v) is 3.39. The molecule has 3 heterocycles. The highest BCUT2D eigenvalue weighted by atomic mass is 16.5. The Balaban J connectivity index is 1.81. The number of fused-ring (bicyclic) bond motifs is 1. The van der Waals surface area contributed by atoms with E-state index >= 15 is 0 Å². The minimum Gasteiger partial charge on any atom is -0.496 e. The number of hydrogen-bond acceptors (Lipinski definition) is 6. The van der Waals surface area contributed by atoms with Crippen LogP contribution in [-0.4, -0.2) is 29.7 Å². The third-order valence-electron chi connectivity index (χ3n) is 4.69. The topological polar surface area (TPSA) is 80.5 Å². The van der Waals surface area contributed by atoms with E-state index in [1.165, 1.54) is 0 Å². The number of benzene rings is 1. The highest BCUT2D eigenvalue weighted by Crippen LogP contribution is 2.43. The molecular weight excluding hydrogens is 344 g/mol. The monoisotopic (exact) mass is 364 g/mol. The van der Waals surface area contributed by atoms with Crippen LogP contribution in [0.25, 0.3) is 11.1 Å². The number of hydrogen-bond donors (Lipinski definition) is 1. The zero-order chi connectivity index (χ0) is 19.0. The maximum absolute atomic E-state index is 12.6. The molecular formula is C20H20N4O3. The van der Waals surface area contributed by atoms with E-state index in [4.69, 9.17) is 9.26 Å². The lowest BCUT2D eigenvalue weighted by Gasteiger charge is -2.31. The van der Waals surface area contributed by atoms with Gasteiger partial charge in [0.25, 0.3) is 0 Å². The number of ether oxygens (including phenoxy) is 1. The summed E-state index contributed by atoms with van der Waals surface area (Å²) in [6.45, 7) is 4.41. The van der Waals surface area contributed by atoms with Crippen molar-refractivity contribution in [2.45, 2.75) is 20.4 Å². The molecule has 1 aromatic carbocycles. The predicted molar refractivity (Wildman–Crippen MR) is 102 cm³/mol. The van der Waals surface area contributed by atoms with Crippen molar-refractivity contribution in [1.82, 2.24) is 10.1 Å². The predicted octanol–water partition coefficient (Wildman–Crippen LogP) is 3.32. The van der Waals surface area contributed by atoms with E-state index in [-0.39, 0.29) is 12.5 Å². The lowest BCUT2D eigenvalue weighted by molar-refractivity contribution is -0.117. The molecule has 7 heteroatoms. The summed E-state index contributed by atoms with van der Waals surface area (Å²) >= 11 is 0. The molecule has 0 aliphatic carbocycles. The first-order valence-corrected chi connectivity index (χ1v) is 8.68. The van der Waals surface area contributed by atoms with Gasteiger partial charge in [0.2, 0.25) is 5.91 Å². The van der Waals surface area contributed by atoms with Crippen molar-refractivity contribution in [2.24, 2.45) is 0 Å². The van der Waals surface area contributed by atoms with Gasteiger partial charge in [-0.15, -0.1) is 0 Å². The Morgan fingerprint density at radius 3 is 2.81 bits per heavy atom. The minimum absolute atomic E-state index is 0.0136. The largest absolute Gasteiger partial charge is 0.496 e. The van der Waals surface area contributed by atoms with Crippen molar-refractivity contribution in [1.29, 1.82) is 0 Å². The molecule has 138 valence electrons. The third-order valence-corrected chi connectivity index (χ3v) is 4.69. The van der Waals surface area contributed by atoms with Crippen molar-refractivity contribution in [2.75, 3.05) is 23.9 Å². The van der Waals surface area contributed by atoms with Crippen molar-refractivity contribution >= 4 is 17.3 Å². The number of amides is 1. The van der Waals surface area contributed by atoms with Gasteiger partial charge in [0.15, 0.2) is 0 Å². The molecule has 2 aromatic heterocycles. The van der Waals surface area contributed by atoms with E-state index in [1.807, 2.05) is 44.2 Å². The van der Waals surface area contributed by atoms with Gasteiger partial charge in [-0.05, 0) is 32.0 Å². The van der Waals surface area contributed by atoms with Gasteiger partial charge >= 0.3 is 0 Å². The molecule has 0 saturated heterocycles. The fourth-order valence-electron chi connectivity index (χ4n) is 3.39. The summed E-state index contributed by atoms with van der Waals surface area (Å²) in [5.74, 6) is 1.37. The quantitative estimate of drug-likeness (QED) is 0.765. The van der Waals surface area contributed by atoms with Gasteiger partial charge in [-0.25, -0.2) is 0 Å². The fraction of sp³-hybridized carbons (Fsp3) is 0.250. The number of methoxy groups -OCH3 is 1. The van der Waals surface area contributed by atoms with E-state index in [0.29, 0.717) is 12.3 Å². The standard InChI is InChI=1S/C20H20N4O3/c1-12-20(13(2)27-23-12)15-8-16-17(9-18(15)26-3)24(19(25)10-22-16)11-14-6-4-5-7-21-14/h4-9,22H,10-11H2,1-3H3. The first-order chi connectivity index (χ1) is 13.1. The number of anilines is 2. The molecule has 0 atom stereocenters. The first kappa shape index (κ1) is 17.1. The molecule has 1 aliphatic heterocycles. The van der Waals surface area contributed by atoms with E-state index in [9.17, 15) is 4.79 Å². The molecule has 0 fully saturated rings. The summed E-state index contributed by atoms with van der Waals surface area (Å²) in [6.07, 6.45) is 1.73. The first-order valence-electron chi connectivity index (χ1n) is 8.68. The summed E-state index contributed by atoms with van der Waals surface area (Å²) < 4.78 is 10.9. The lowest BCUT2D eigenvalue weighted by atomic mass is 10.00. The molecule has 0 radical (unpaired) electrons. The number of pyridine rings is 1. The van der Waals surface area contributed by atoms with E-state index in [1.54, 1.807) is 18.2 Å². The Labute approximate surface area is 156 Å². The summed E-state index contributed by atoms with van der Waals surface area (Å²) in [6, 6.07) is 9.54. The summed E-state index contributed by atoms with van der Waals surface area (Å²) in [4.78, 5) is 18.6. The van der Waals surface area contributed by atoms with E-state index in [2.05, 4.69) is 15.5 Å². The zero-order valence-corrected chi connectivity index (χ0v) is 15.4. The van der Waals surface area contributed by atoms with Gasteiger partial charge in [0, 0.05) is 17.8 Å². The Hall–Kier alpha value is -3.35. The van der Waals surface area contributed by atoms with Crippen LogP contribution in [-0.2, 0) is 11.3 Å². The van der Waals surface area contributed by atoms with Gasteiger partial charge in [-0.3, -0.25) is 9.78 Å². The molecule has 0 spiro atoms. The summed E-state index contributed by atoms with van der Waals surface area (Å²) in [7, 11) is 1.62. The van der Waals surface area contributed by atoms with Gasteiger partial charge in [0.1, 0.15) is 11.5 Å². The van der Waals surface area contributed by atoms with Gasteiger partial charge in [0.05, 0.1) is 48.5 Å². The van der Waals surface area contributed by atoms with Crippen molar-refractivity contribution in [3.63, 3.8) is 0 Å². The van der Waals surface area contributed by atoms with Crippen LogP contribution < -0.4 is 15.0 Å². The number of carbonyl (C=O) groups is 1. The number of rotatable bonds is 4. The van der Waals surface area contributed by atoms with Gasteiger partial charge in [-0.2, -0.15) is 0 Å². The number of nitrogens with zero attached hydrogens (tertiary/aromatic N) is 3. The van der Waals surface area contributed by atoms with Crippen LogP contribution >= 0.6 is 0 Å². The van der Waals surface area contributed by atoms with Crippen LogP contribution in [0.15, 0.2) is 41.1 Å². The smallest absolute Gasteiger partial charge is 0.246 e. The maximum Gasteiger partial charge on any atom is 0.246 e. The van der Waals surface area contributed by atoms with Crippen LogP contribution in [0.1, 0.15) is 17.1 Å². The second-order valence-electron chi connectivity index (χ2n) is 6.42. The molecule has 7 nitrogen and oxygen atoms in total. The summed E-state index contributed by atoms with van der Waals surface area (Å²) in [5, 5.41) is 7.24. The molecule has 0 saturated carbocycles. The molecule has 27 heavy (non-hydrogen) atoms. The van der Waals surface area contributed by atoms with Crippen LogP contribution in [0.2, 0.25) is 0 Å². The maximum atomic E-state index is 12.6. The second kappa shape index (κ2) is 6.75. The Morgan fingerprint density at radius 1 is 1.30 bits per heavy atom. The number of aryl methyl sites for hydroxylation is 2. The zero-order valence-electron chi connectivity index (χ0n) is 15.4. The number of carbonyl (C=O) groups excluding carboxylic acids is 1. The van der Waals surface area contributed by atoms with Crippen molar-refractivity contribution in [3.8, 4) is 16.9 Å². The molecule has 3 aromatic rings. The highest BCUT2D eigenvalue weighted by molar-refractivity contribution is 6.04. The molecule has 1 N–H and O–H groups in total. The lowest BCUT2D eigenvalue weighted by Crippen LogP contribution is -2.39. The molecule has 0 bridgehead atoms. The summed E-state index contributed by atoms with van der Waals surface area (Å²) in [5.41, 5.74) is 5.04. The Bertz CT molecular complexity index is 978. The average molecular weight is 364 g/mol. The molecule has 0 unspecified atom stereocenters. The van der Waals surface area contributed by atoms with Crippen molar-refractivity contribution in [3.05, 3.63) is 53.7 Å². The van der Waals surface area contributed by atoms with Crippen LogP contribution in [0.4, 0.5) is 11.4 Å². The van der Waals surface area contributed by atoms with E-state index < -0.39 is 0 Å². The third kappa shape index (κ3) is 3.01. The second-order valence-corrected chi connectivity index (χ2v) is 6.42. The van der Waals surface area contributed by atoms with Crippen LogP contribution in [0, 0.1) is 13.8 Å². The van der Waals surface area contributed by atoms with Crippen molar-refractivity contribution < 1.29 is 14.1 Å².